The zero-order chi connectivity index (χ0) is 11.0. The minimum Gasteiger partial charge on any atom is -0.345 e. The molecule has 0 saturated carbocycles. The van der Waals surface area contributed by atoms with Crippen LogP contribution >= 0.6 is 22.6 Å². The zero-order valence-corrected chi connectivity index (χ0v) is 10.6. The van der Waals surface area contributed by atoms with E-state index in [-0.39, 0.29) is 0 Å². The standard InChI is InChI=1S/C13H9IN2/c14-10-6-4-9(5-7-10)11-2-1-3-12-13(11)16-8-15-12/h1-8H,(H,15,16). The first-order chi connectivity index (χ1) is 7.84. The van der Waals surface area contributed by atoms with Gasteiger partial charge in [0.05, 0.1) is 17.4 Å². The maximum absolute atomic E-state index is 4.36. The molecule has 3 aromatic rings. The second kappa shape index (κ2) is 3.90. The van der Waals surface area contributed by atoms with Gasteiger partial charge in [0, 0.05) is 9.13 Å². The summed E-state index contributed by atoms with van der Waals surface area (Å²) >= 11 is 2.31. The van der Waals surface area contributed by atoms with Gasteiger partial charge < -0.3 is 4.98 Å². The van der Waals surface area contributed by atoms with Crippen molar-refractivity contribution in [2.75, 3.05) is 0 Å². The largest absolute Gasteiger partial charge is 0.345 e. The predicted molar refractivity (Wildman–Crippen MR) is 74.2 cm³/mol. The molecular weight excluding hydrogens is 311 g/mol. The van der Waals surface area contributed by atoms with E-state index >= 15 is 0 Å². The molecule has 16 heavy (non-hydrogen) atoms. The minimum atomic E-state index is 1.03. The van der Waals surface area contributed by atoms with Crippen LogP contribution in [0.15, 0.2) is 48.8 Å². The monoisotopic (exact) mass is 320 g/mol. The average Bonchev–Trinajstić information content (AvgIpc) is 2.78. The van der Waals surface area contributed by atoms with E-state index in [2.05, 4.69) is 62.9 Å². The van der Waals surface area contributed by atoms with Gasteiger partial charge in [0.2, 0.25) is 0 Å². The first-order valence-electron chi connectivity index (χ1n) is 5.02. The van der Waals surface area contributed by atoms with Gasteiger partial charge in [-0.1, -0.05) is 24.3 Å². The molecule has 1 heterocycles. The number of rotatable bonds is 1. The van der Waals surface area contributed by atoms with Crippen molar-refractivity contribution in [3.63, 3.8) is 0 Å². The fourth-order valence-electron chi connectivity index (χ4n) is 1.83. The molecule has 0 atom stereocenters. The lowest BCUT2D eigenvalue weighted by atomic mass is 10.0. The maximum Gasteiger partial charge on any atom is 0.0960 e. The van der Waals surface area contributed by atoms with Crippen LogP contribution in [-0.2, 0) is 0 Å². The van der Waals surface area contributed by atoms with E-state index in [9.17, 15) is 0 Å². The highest BCUT2D eigenvalue weighted by Gasteiger charge is 2.04. The van der Waals surface area contributed by atoms with Gasteiger partial charge in [-0.15, -0.1) is 0 Å². The van der Waals surface area contributed by atoms with Crippen LogP contribution in [-0.4, -0.2) is 9.97 Å². The summed E-state index contributed by atoms with van der Waals surface area (Å²) in [5, 5.41) is 0. The predicted octanol–water partition coefficient (Wildman–Crippen LogP) is 3.83. The van der Waals surface area contributed by atoms with Gasteiger partial charge in [0.1, 0.15) is 0 Å². The van der Waals surface area contributed by atoms with Crippen molar-refractivity contribution in [3.05, 3.63) is 52.4 Å². The lowest BCUT2D eigenvalue weighted by Gasteiger charge is -2.02. The molecule has 2 aromatic carbocycles. The molecule has 0 saturated heterocycles. The zero-order valence-electron chi connectivity index (χ0n) is 8.44. The molecule has 3 heteroatoms. The Morgan fingerprint density at radius 2 is 1.81 bits per heavy atom. The smallest absolute Gasteiger partial charge is 0.0960 e. The van der Waals surface area contributed by atoms with Crippen LogP contribution in [0.3, 0.4) is 0 Å². The first kappa shape index (κ1) is 9.84. The van der Waals surface area contributed by atoms with Crippen LogP contribution in [0.1, 0.15) is 0 Å². The number of benzene rings is 2. The van der Waals surface area contributed by atoms with Gasteiger partial charge >= 0.3 is 0 Å². The van der Waals surface area contributed by atoms with E-state index in [4.69, 9.17) is 0 Å². The van der Waals surface area contributed by atoms with E-state index in [1.807, 2.05) is 12.1 Å². The van der Waals surface area contributed by atoms with Crippen molar-refractivity contribution in [1.82, 2.24) is 9.97 Å². The van der Waals surface area contributed by atoms with E-state index < -0.39 is 0 Å². The van der Waals surface area contributed by atoms with Crippen LogP contribution < -0.4 is 0 Å². The van der Waals surface area contributed by atoms with E-state index in [0.29, 0.717) is 0 Å². The number of aromatic nitrogens is 2. The summed E-state index contributed by atoms with van der Waals surface area (Å²) in [5.74, 6) is 0. The summed E-state index contributed by atoms with van der Waals surface area (Å²) in [6.45, 7) is 0. The summed E-state index contributed by atoms with van der Waals surface area (Å²) in [5.41, 5.74) is 4.49. The Balaban J connectivity index is 2.25. The summed E-state index contributed by atoms with van der Waals surface area (Å²) in [4.78, 5) is 7.49. The molecular formula is C13H9IN2. The lowest BCUT2D eigenvalue weighted by Crippen LogP contribution is -1.80. The number of H-pyrrole nitrogens is 1. The molecule has 78 valence electrons. The molecule has 0 spiro atoms. The Morgan fingerprint density at radius 3 is 2.62 bits per heavy atom. The minimum absolute atomic E-state index is 1.03. The highest BCUT2D eigenvalue weighted by Crippen LogP contribution is 2.26. The average molecular weight is 320 g/mol. The number of nitrogens with one attached hydrogen (secondary N) is 1. The molecule has 0 aliphatic carbocycles. The first-order valence-corrected chi connectivity index (χ1v) is 6.10. The van der Waals surface area contributed by atoms with Gasteiger partial charge in [-0.2, -0.15) is 0 Å². The van der Waals surface area contributed by atoms with Crippen LogP contribution in [0.2, 0.25) is 0 Å². The van der Waals surface area contributed by atoms with Gasteiger partial charge in [-0.05, 0) is 46.4 Å². The fraction of sp³-hybridized carbons (Fsp3) is 0. The van der Waals surface area contributed by atoms with Gasteiger partial charge in [-0.3, -0.25) is 0 Å². The molecule has 0 fully saturated rings. The Morgan fingerprint density at radius 1 is 1.00 bits per heavy atom. The molecule has 1 aromatic heterocycles. The Labute approximate surface area is 107 Å². The second-order valence-corrected chi connectivity index (χ2v) is 4.86. The van der Waals surface area contributed by atoms with Crippen molar-refractivity contribution in [3.8, 4) is 11.1 Å². The number of nitrogens with zero attached hydrogens (tertiary/aromatic N) is 1. The normalized spacial score (nSPS) is 10.8. The van der Waals surface area contributed by atoms with Gasteiger partial charge in [0.15, 0.2) is 0 Å². The molecule has 3 rings (SSSR count). The molecule has 0 radical (unpaired) electrons. The van der Waals surface area contributed by atoms with E-state index in [0.717, 1.165) is 11.0 Å². The van der Waals surface area contributed by atoms with Crippen molar-refractivity contribution in [1.29, 1.82) is 0 Å². The quantitative estimate of drug-likeness (QED) is 0.678. The van der Waals surface area contributed by atoms with Crippen LogP contribution in [0, 0.1) is 3.57 Å². The summed E-state index contributed by atoms with van der Waals surface area (Å²) in [6.07, 6.45) is 1.74. The highest BCUT2D eigenvalue weighted by molar-refractivity contribution is 14.1. The number of imidazole rings is 1. The molecule has 2 nitrogen and oxygen atoms in total. The number of hydrogen-bond donors (Lipinski definition) is 1. The van der Waals surface area contributed by atoms with Crippen LogP contribution in [0.25, 0.3) is 22.2 Å². The molecule has 0 aliphatic heterocycles. The lowest BCUT2D eigenvalue weighted by molar-refractivity contribution is 1.34. The number of fused-ring (bicyclic) bond motifs is 1. The third-order valence-corrected chi connectivity index (χ3v) is 3.32. The number of halogens is 1. The van der Waals surface area contributed by atoms with Crippen molar-refractivity contribution in [2.45, 2.75) is 0 Å². The van der Waals surface area contributed by atoms with Gasteiger partial charge in [0.25, 0.3) is 0 Å². The second-order valence-electron chi connectivity index (χ2n) is 3.61. The summed E-state index contributed by atoms with van der Waals surface area (Å²) in [6, 6.07) is 14.7. The Hall–Kier alpha value is -1.36. The molecule has 0 aliphatic rings. The third kappa shape index (κ3) is 1.61. The van der Waals surface area contributed by atoms with Crippen molar-refractivity contribution >= 4 is 33.6 Å². The number of para-hydroxylation sites is 1. The van der Waals surface area contributed by atoms with E-state index in [1.165, 1.54) is 14.7 Å². The molecule has 0 amide bonds. The fourth-order valence-corrected chi connectivity index (χ4v) is 2.19. The summed E-state index contributed by atoms with van der Waals surface area (Å²) in [7, 11) is 0. The Bertz CT molecular complexity index is 626. The third-order valence-electron chi connectivity index (χ3n) is 2.60. The SMILES string of the molecule is Ic1ccc(-c2cccc3[nH]cnc23)cc1. The topological polar surface area (TPSA) is 28.7 Å². The molecule has 0 unspecified atom stereocenters. The number of aromatic amines is 1. The Kier molecular flexibility index (Phi) is 2.40. The highest BCUT2D eigenvalue weighted by atomic mass is 127. The van der Waals surface area contributed by atoms with Crippen molar-refractivity contribution in [2.24, 2.45) is 0 Å². The molecule has 1 N–H and O–H groups in total. The van der Waals surface area contributed by atoms with Crippen LogP contribution in [0.4, 0.5) is 0 Å². The summed E-state index contributed by atoms with van der Waals surface area (Å²) < 4.78 is 1.25. The van der Waals surface area contributed by atoms with E-state index in [1.54, 1.807) is 6.33 Å². The van der Waals surface area contributed by atoms with Crippen LogP contribution in [0.5, 0.6) is 0 Å². The molecule has 0 bridgehead atoms. The number of hydrogen-bond acceptors (Lipinski definition) is 1. The van der Waals surface area contributed by atoms with Crippen molar-refractivity contribution < 1.29 is 0 Å². The van der Waals surface area contributed by atoms with Gasteiger partial charge in [-0.25, -0.2) is 4.98 Å². The maximum atomic E-state index is 4.36.